The number of nitriles is 1. The molecule has 0 atom stereocenters. The Morgan fingerprint density at radius 1 is 0.926 bits per heavy atom. The van der Waals surface area contributed by atoms with E-state index in [1.165, 1.54) is 30.3 Å². The quantitative estimate of drug-likeness (QED) is 0.596. The monoisotopic (exact) mass is 418 g/mol. The number of hydrogen-bond acceptors (Lipinski definition) is 4. The summed E-state index contributed by atoms with van der Waals surface area (Å²) in [5.74, 6) is 0.616. The van der Waals surface area contributed by atoms with Gasteiger partial charge in [0, 0.05) is 5.02 Å². The number of rotatable bonds is 5. The van der Waals surface area contributed by atoms with Gasteiger partial charge in [0.25, 0.3) is 10.0 Å². The molecular formula is C19H12Cl2N2O3S. The molecule has 0 aromatic heterocycles. The summed E-state index contributed by atoms with van der Waals surface area (Å²) >= 11 is 12.0. The highest BCUT2D eigenvalue weighted by Gasteiger charge is 2.17. The molecule has 1 N–H and O–H groups in total. The third-order valence-corrected chi connectivity index (χ3v) is 5.45. The van der Waals surface area contributed by atoms with E-state index in [1.807, 2.05) is 6.07 Å². The molecule has 0 spiro atoms. The van der Waals surface area contributed by atoms with Gasteiger partial charge in [-0.2, -0.15) is 5.26 Å². The van der Waals surface area contributed by atoms with Crippen LogP contribution in [0.4, 0.5) is 5.69 Å². The topological polar surface area (TPSA) is 79.2 Å². The predicted molar refractivity (Wildman–Crippen MR) is 105 cm³/mol. The number of benzene rings is 3. The third-order valence-electron chi connectivity index (χ3n) is 3.54. The minimum Gasteiger partial charge on any atom is -0.454 e. The van der Waals surface area contributed by atoms with E-state index < -0.39 is 10.0 Å². The first-order chi connectivity index (χ1) is 12.9. The lowest BCUT2D eigenvalue weighted by Crippen LogP contribution is -2.13. The van der Waals surface area contributed by atoms with Gasteiger partial charge >= 0.3 is 0 Å². The zero-order valence-corrected chi connectivity index (χ0v) is 16.0. The fraction of sp³-hybridized carbons (Fsp3) is 0. The molecule has 0 bridgehead atoms. The molecule has 0 aliphatic heterocycles. The number of halogens is 2. The summed E-state index contributed by atoms with van der Waals surface area (Å²) in [5, 5.41) is 9.59. The first-order valence-corrected chi connectivity index (χ1v) is 9.88. The summed E-state index contributed by atoms with van der Waals surface area (Å²) in [6.45, 7) is 0. The molecule has 0 aliphatic rings. The first kappa shape index (κ1) is 19.1. The molecule has 0 unspecified atom stereocenters. The molecule has 3 aromatic carbocycles. The molecule has 8 heteroatoms. The molecule has 5 nitrogen and oxygen atoms in total. The fourth-order valence-corrected chi connectivity index (χ4v) is 3.75. The maximum atomic E-state index is 12.6. The average molecular weight is 419 g/mol. The van der Waals surface area contributed by atoms with Crippen molar-refractivity contribution in [2.24, 2.45) is 0 Å². The molecule has 0 heterocycles. The molecule has 0 saturated carbocycles. The van der Waals surface area contributed by atoms with Crippen LogP contribution in [0, 0.1) is 11.3 Å². The van der Waals surface area contributed by atoms with Crippen LogP contribution < -0.4 is 9.46 Å². The van der Waals surface area contributed by atoms with Crippen molar-refractivity contribution < 1.29 is 13.2 Å². The summed E-state index contributed by atoms with van der Waals surface area (Å²) in [6.07, 6.45) is 0. The summed E-state index contributed by atoms with van der Waals surface area (Å²) in [4.78, 5) is 0.0285. The zero-order valence-electron chi connectivity index (χ0n) is 13.7. The molecule has 0 amide bonds. The number of ether oxygens (including phenoxy) is 1. The maximum absolute atomic E-state index is 12.6. The summed E-state index contributed by atoms with van der Waals surface area (Å²) in [5.41, 5.74) is 0.614. The van der Waals surface area contributed by atoms with Gasteiger partial charge in [-0.05, 0) is 54.6 Å². The number of nitrogens with zero attached hydrogens (tertiary/aromatic N) is 1. The van der Waals surface area contributed by atoms with Crippen molar-refractivity contribution in [1.29, 1.82) is 5.26 Å². The SMILES string of the molecule is N#Cc1ccc(S(=O)(=O)Nc2ccccc2Oc2ccc(Cl)cc2Cl)cc1. The second-order valence-corrected chi connectivity index (χ2v) is 7.94. The van der Waals surface area contributed by atoms with Crippen molar-refractivity contribution in [3.63, 3.8) is 0 Å². The van der Waals surface area contributed by atoms with Crippen LogP contribution in [0.25, 0.3) is 0 Å². The summed E-state index contributed by atoms with van der Waals surface area (Å²) in [7, 11) is -3.86. The minimum atomic E-state index is -3.86. The molecule has 0 radical (unpaired) electrons. The van der Waals surface area contributed by atoms with E-state index in [4.69, 9.17) is 33.2 Å². The smallest absolute Gasteiger partial charge is 0.262 e. The van der Waals surface area contributed by atoms with Crippen molar-refractivity contribution in [3.8, 4) is 17.6 Å². The lowest BCUT2D eigenvalue weighted by molar-refractivity contribution is 0.485. The highest BCUT2D eigenvalue weighted by molar-refractivity contribution is 7.92. The van der Waals surface area contributed by atoms with Gasteiger partial charge in [0.2, 0.25) is 0 Å². The number of para-hydroxylation sites is 2. The Kier molecular flexibility index (Phi) is 5.57. The van der Waals surface area contributed by atoms with E-state index in [-0.39, 0.29) is 16.3 Å². The average Bonchev–Trinajstić information content (AvgIpc) is 2.65. The second-order valence-electron chi connectivity index (χ2n) is 5.41. The molecule has 0 fully saturated rings. The van der Waals surface area contributed by atoms with Gasteiger partial charge in [0.05, 0.1) is 27.2 Å². The zero-order chi connectivity index (χ0) is 19.4. The Labute approximate surface area is 166 Å². The molecule has 3 rings (SSSR count). The summed E-state index contributed by atoms with van der Waals surface area (Å²) < 4.78 is 33.5. The van der Waals surface area contributed by atoms with Crippen LogP contribution in [0.2, 0.25) is 10.0 Å². The molecule has 0 aliphatic carbocycles. The van der Waals surface area contributed by atoms with E-state index in [9.17, 15) is 8.42 Å². The van der Waals surface area contributed by atoms with Crippen molar-refractivity contribution in [3.05, 3.63) is 82.3 Å². The van der Waals surface area contributed by atoms with Crippen LogP contribution in [0.5, 0.6) is 11.5 Å². The highest BCUT2D eigenvalue weighted by Crippen LogP contribution is 2.35. The lowest BCUT2D eigenvalue weighted by atomic mass is 10.2. The van der Waals surface area contributed by atoms with Crippen molar-refractivity contribution >= 4 is 38.9 Å². The van der Waals surface area contributed by atoms with Crippen LogP contribution in [0.3, 0.4) is 0 Å². The van der Waals surface area contributed by atoms with Crippen molar-refractivity contribution in [2.45, 2.75) is 4.90 Å². The van der Waals surface area contributed by atoms with Gasteiger partial charge < -0.3 is 4.74 Å². The van der Waals surface area contributed by atoms with E-state index in [2.05, 4.69) is 4.72 Å². The second kappa shape index (κ2) is 7.89. The van der Waals surface area contributed by atoms with E-state index in [1.54, 1.807) is 36.4 Å². The number of anilines is 1. The number of hydrogen-bond donors (Lipinski definition) is 1. The van der Waals surface area contributed by atoms with Crippen LogP contribution >= 0.6 is 23.2 Å². The lowest BCUT2D eigenvalue weighted by Gasteiger charge is -2.14. The van der Waals surface area contributed by atoms with Gasteiger partial charge in [-0.15, -0.1) is 0 Å². The van der Waals surface area contributed by atoms with Crippen LogP contribution in [-0.4, -0.2) is 8.42 Å². The number of nitrogens with one attached hydrogen (secondary N) is 1. The number of sulfonamides is 1. The minimum absolute atomic E-state index is 0.0285. The molecule has 3 aromatic rings. The maximum Gasteiger partial charge on any atom is 0.262 e. The van der Waals surface area contributed by atoms with Gasteiger partial charge in [0.1, 0.15) is 5.75 Å². The molecule has 136 valence electrons. The normalized spacial score (nSPS) is 10.9. The predicted octanol–water partition coefficient (Wildman–Crippen LogP) is 5.46. The van der Waals surface area contributed by atoms with Crippen LogP contribution in [0.1, 0.15) is 5.56 Å². The van der Waals surface area contributed by atoms with Crippen LogP contribution in [0.15, 0.2) is 71.6 Å². The van der Waals surface area contributed by atoms with E-state index in [0.717, 1.165) is 0 Å². The Morgan fingerprint density at radius 3 is 2.30 bits per heavy atom. The van der Waals surface area contributed by atoms with Crippen molar-refractivity contribution in [2.75, 3.05) is 4.72 Å². The Hall–Kier alpha value is -2.72. The van der Waals surface area contributed by atoms with Gasteiger partial charge in [0.15, 0.2) is 5.75 Å². The van der Waals surface area contributed by atoms with Crippen LogP contribution in [-0.2, 0) is 10.0 Å². The largest absolute Gasteiger partial charge is 0.454 e. The van der Waals surface area contributed by atoms with Gasteiger partial charge in [-0.1, -0.05) is 35.3 Å². The standard InChI is InChI=1S/C19H12Cl2N2O3S/c20-14-7-10-18(16(21)11-14)26-19-4-2-1-3-17(19)23-27(24,25)15-8-5-13(12-22)6-9-15/h1-11,23H. The fourth-order valence-electron chi connectivity index (χ4n) is 2.23. The molecular weight excluding hydrogens is 407 g/mol. The third kappa shape index (κ3) is 4.52. The highest BCUT2D eigenvalue weighted by atomic mass is 35.5. The molecule has 0 saturated heterocycles. The Bertz CT molecular complexity index is 1120. The van der Waals surface area contributed by atoms with Crippen molar-refractivity contribution in [1.82, 2.24) is 0 Å². The Morgan fingerprint density at radius 2 is 1.63 bits per heavy atom. The Balaban J connectivity index is 1.90. The van der Waals surface area contributed by atoms with Gasteiger partial charge in [-0.25, -0.2) is 8.42 Å². The van der Waals surface area contributed by atoms with E-state index in [0.29, 0.717) is 21.4 Å². The van der Waals surface area contributed by atoms with E-state index >= 15 is 0 Å². The first-order valence-electron chi connectivity index (χ1n) is 7.64. The summed E-state index contributed by atoms with van der Waals surface area (Å²) in [6, 6.07) is 18.8. The molecule has 27 heavy (non-hydrogen) atoms. The van der Waals surface area contributed by atoms with Gasteiger partial charge in [-0.3, -0.25) is 4.72 Å².